The number of Topliss-reactive ketones (excluding diaryl/α,β-unsaturated/α-hetero) is 1. The van der Waals surface area contributed by atoms with Gasteiger partial charge in [-0.25, -0.2) is 0 Å². The third-order valence-electron chi connectivity index (χ3n) is 1.16. The van der Waals surface area contributed by atoms with E-state index in [4.69, 9.17) is 0 Å². The van der Waals surface area contributed by atoms with Crippen LogP contribution in [0.2, 0.25) is 0 Å². The van der Waals surface area contributed by atoms with Gasteiger partial charge in [0.1, 0.15) is 5.78 Å². The quantitative estimate of drug-likeness (QED) is 0.466. The van der Waals surface area contributed by atoms with Crippen LogP contribution < -0.4 is 0 Å². The van der Waals surface area contributed by atoms with Crippen molar-refractivity contribution in [3.05, 3.63) is 43.3 Å². The second kappa shape index (κ2) is 8.09. The van der Waals surface area contributed by atoms with Gasteiger partial charge in [0.05, 0.1) is 5.33 Å². The van der Waals surface area contributed by atoms with Gasteiger partial charge in [0.15, 0.2) is 0 Å². The molecule has 0 heterocycles. The van der Waals surface area contributed by atoms with Crippen molar-refractivity contribution in [3.63, 3.8) is 0 Å². The maximum Gasteiger partial charge on any atom is 0.149 e. The molecule has 1 nitrogen and oxygen atoms in total. The van der Waals surface area contributed by atoms with Crippen molar-refractivity contribution in [2.75, 3.05) is 5.33 Å². The first-order valence-electron chi connectivity index (χ1n) is 2.90. The third kappa shape index (κ3) is 4.49. The Kier molecular flexibility index (Phi) is 10.1. The van der Waals surface area contributed by atoms with Crippen molar-refractivity contribution in [2.45, 2.75) is 0 Å². The molecule has 0 bridgehead atoms. The van der Waals surface area contributed by atoms with Crippen LogP contribution in [0.5, 0.6) is 0 Å². The van der Waals surface area contributed by atoms with Crippen LogP contribution in [0.25, 0.3) is 0 Å². The van der Waals surface area contributed by atoms with Gasteiger partial charge in [0.25, 0.3) is 0 Å². The predicted molar refractivity (Wildman–Crippen MR) is 49.8 cm³/mol. The molecule has 63 valence electrons. The Morgan fingerprint density at radius 2 is 1.92 bits per heavy atom. The Hall–Kier alpha value is 0.474. The average molecular weight is 302 g/mol. The van der Waals surface area contributed by atoms with Gasteiger partial charge in [-0.1, -0.05) is 21.5 Å². The SMILES string of the molecule is O=C(CBr)c1cc[c-]cc1.[CH3-].[Y]. The van der Waals surface area contributed by atoms with Crippen LogP contribution >= 0.6 is 15.9 Å². The minimum absolute atomic E-state index is 0. The number of carbonyl (C=O) groups excluding carboxylic acids is 1. The Morgan fingerprint density at radius 1 is 1.42 bits per heavy atom. The molecule has 1 aromatic carbocycles. The zero-order valence-corrected chi connectivity index (χ0v) is 11.3. The predicted octanol–water partition coefficient (Wildman–Crippen LogP) is 2.51. The van der Waals surface area contributed by atoms with Crippen LogP contribution in [0.3, 0.4) is 0 Å². The summed E-state index contributed by atoms with van der Waals surface area (Å²) in [6, 6.07) is 9.82. The molecule has 12 heavy (non-hydrogen) atoms. The molecule has 0 atom stereocenters. The molecule has 0 aliphatic carbocycles. The maximum atomic E-state index is 11.0. The molecule has 3 heteroatoms. The summed E-state index contributed by atoms with van der Waals surface area (Å²) in [5, 5.41) is 0.386. The smallest absolute Gasteiger partial charge is 0.149 e. The Bertz CT molecular complexity index is 223. The van der Waals surface area contributed by atoms with E-state index in [9.17, 15) is 4.79 Å². The van der Waals surface area contributed by atoms with E-state index in [1.807, 2.05) is 0 Å². The molecule has 0 amide bonds. The van der Waals surface area contributed by atoms with E-state index in [0.717, 1.165) is 5.56 Å². The number of hydrogen-bond donors (Lipinski definition) is 0. The van der Waals surface area contributed by atoms with Gasteiger partial charge in [-0.05, 0) is 0 Å². The molecule has 0 aliphatic heterocycles. The minimum atomic E-state index is 0. The van der Waals surface area contributed by atoms with E-state index in [1.165, 1.54) is 0 Å². The van der Waals surface area contributed by atoms with Crippen LogP contribution in [0, 0.1) is 13.5 Å². The second-order valence-corrected chi connectivity index (χ2v) is 2.41. The first kappa shape index (κ1) is 15.0. The summed E-state index contributed by atoms with van der Waals surface area (Å²) in [7, 11) is 0. The summed E-state index contributed by atoms with van der Waals surface area (Å²) in [5.74, 6) is 0.106. The molecule has 0 aliphatic rings. The number of alkyl halides is 1. The molecule has 0 aromatic heterocycles. The average Bonchev–Trinajstić information content (AvgIpc) is 2.05. The van der Waals surface area contributed by atoms with Crippen molar-refractivity contribution in [2.24, 2.45) is 0 Å². The number of ketones is 1. The fourth-order valence-electron chi connectivity index (χ4n) is 0.650. The van der Waals surface area contributed by atoms with Crippen LogP contribution in [0.4, 0.5) is 0 Å². The van der Waals surface area contributed by atoms with Gasteiger partial charge in [0, 0.05) is 32.7 Å². The third-order valence-corrected chi connectivity index (χ3v) is 1.67. The first-order valence-corrected chi connectivity index (χ1v) is 4.02. The van der Waals surface area contributed by atoms with Crippen LogP contribution in [0.15, 0.2) is 24.3 Å². The normalized spacial score (nSPS) is 7.75. The fourth-order valence-corrected chi connectivity index (χ4v) is 0.974. The van der Waals surface area contributed by atoms with E-state index in [2.05, 4.69) is 22.0 Å². The van der Waals surface area contributed by atoms with Gasteiger partial charge in [-0.15, -0.1) is 0 Å². The van der Waals surface area contributed by atoms with Gasteiger partial charge in [-0.3, -0.25) is 4.79 Å². The van der Waals surface area contributed by atoms with E-state index < -0.39 is 0 Å². The zero-order chi connectivity index (χ0) is 7.40. The van der Waals surface area contributed by atoms with E-state index in [0.29, 0.717) is 5.33 Å². The van der Waals surface area contributed by atoms with Gasteiger partial charge in [0.2, 0.25) is 0 Å². The summed E-state index contributed by atoms with van der Waals surface area (Å²) >= 11 is 3.09. The van der Waals surface area contributed by atoms with Crippen molar-refractivity contribution in [1.82, 2.24) is 0 Å². The second-order valence-electron chi connectivity index (χ2n) is 1.85. The van der Waals surface area contributed by atoms with Gasteiger partial charge in [-0.2, -0.15) is 30.3 Å². The fraction of sp³-hybridized carbons (Fsp3) is 0.111. The van der Waals surface area contributed by atoms with Crippen molar-refractivity contribution >= 4 is 21.7 Å². The van der Waals surface area contributed by atoms with Crippen molar-refractivity contribution in [1.29, 1.82) is 0 Å². The molecule has 0 saturated heterocycles. The standard InChI is InChI=1S/C8H6BrO.CH3.Y/c9-6-8(10)7-4-2-1-3-5-7;;/h2-5H,6H2;1H3;/q2*-1;. The van der Waals surface area contributed by atoms with Crippen molar-refractivity contribution < 1.29 is 37.5 Å². The number of carbonyl (C=O) groups is 1. The summed E-state index contributed by atoms with van der Waals surface area (Å²) in [6.45, 7) is 0. The molecule has 0 spiro atoms. The van der Waals surface area contributed by atoms with Gasteiger partial charge >= 0.3 is 0 Å². The number of hydrogen-bond acceptors (Lipinski definition) is 1. The van der Waals surface area contributed by atoms with Crippen molar-refractivity contribution in [3.8, 4) is 0 Å². The molecule has 1 radical (unpaired) electrons. The molecule has 0 N–H and O–H groups in total. The number of rotatable bonds is 2. The summed E-state index contributed by atoms with van der Waals surface area (Å²) in [4.78, 5) is 11.0. The first-order chi connectivity index (χ1) is 4.84. The molecule has 0 fully saturated rings. The molecule has 1 rings (SSSR count). The molecular formula is C9H9BrOY-2. The summed E-state index contributed by atoms with van der Waals surface area (Å²) in [6.07, 6.45) is 0. The van der Waals surface area contributed by atoms with E-state index in [1.54, 1.807) is 24.3 Å². The summed E-state index contributed by atoms with van der Waals surface area (Å²) in [5.41, 5.74) is 0.732. The van der Waals surface area contributed by atoms with Crippen LogP contribution in [-0.4, -0.2) is 11.1 Å². The number of benzene rings is 1. The zero-order valence-electron chi connectivity index (χ0n) is 6.88. The molecule has 0 saturated carbocycles. The number of halogens is 1. The Morgan fingerprint density at radius 3 is 2.33 bits per heavy atom. The van der Waals surface area contributed by atoms with Crippen LogP contribution in [0.1, 0.15) is 10.4 Å². The van der Waals surface area contributed by atoms with Gasteiger partial charge < -0.3 is 7.43 Å². The Labute approximate surface area is 107 Å². The summed E-state index contributed by atoms with van der Waals surface area (Å²) < 4.78 is 0. The largest absolute Gasteiger partial charge is 0.358 e. The van der Waals surface area contributed by atoms with Crippen LogP contribution in [-0.2, 0) is 32.7 Å². The molecular weight excluding hydrogens is 293 g/mol. The molecule has 1 aromatic rings. The van der Waals surface area contributed by atoms with E-state index in [-0.39, 0.29) is 45.9 Å². The molecule has 0 unspecified atom stereocenters. The monoisotopic (exact) mass is 301 g/mol. The maximum absolute atomic E-state index is 11.0. The Balaban J connectivity index is 0. The minimum Gasteiger partial charge on any atom is -0.358 e. The van der Waals surface area contributed by atoms with E-state index >= 15 is 0 Å². The topological polar surface area (TPSA) is 17.1 Å².